The van der Waals surface area contributed by atoms with Gasteiger partial charge in [-0.1, -0.05) is 24.3 Å². The molecule has 0 spiro atoms. The summed E-state index contributed by atoms with van der Waals surface area (Å²) in [5, 5.41) is 9.98. The topological polar surface area (TPSA) is 72.3 Å². The number of alkyl halides is 3. The number of aryl methyl sites for hydroxylation is 3. The Morgan fingerprint density at radius 2 is 1.77 bits per heavy atom. The van der Waals surface area contributed by atoms with Gasteiger partial charge in [-0.25, -0.2) is 9.78 Å². The Hall–Kier alpha value is -2.94. The second-order valence-corrected chi connectivity index (χ2v) is 8.44. The molecule has 1 N–H and O–H groups in total. The van der Waals surface area contributed by atoms with E-state index in [1.165, 1.54) is 37.5 Å². The van der Waals surface area contributed by atoms with E-state index in [0.29, 0.717) is 30.0 Å². The van der Waals surface area contributed by atoms with Crippen molar-refractivity contribution in [3.8, 4) is 17.1 Å². The van der Waals surface area contributed by atoms with Crippen LogP contribution in [0.4, 0.5) is 13.2 Å². The van der Waals surface area contributed by atoms with Crippen molar-refractivity contribution in [2.45, 2.75) is 45.4 Å². The molecule has 0 bridgehead atoms. The van der Waals surface area contributed by atoms with Crippen LogP contribution in [0.3, 0.4) is 0 Å². The van der Waals surface area contributed by atoms with Crippen molar-refractivity contribution in [2.24, 2.45) is 0 Å². The van der Waals surface area contributed by atoms with Gasteiger partial charge in [0, 0.05) is 12.0 Å². The summed E-state index contributed by atoms with van der Waals surface area (Å²) in [4.78, 5) is 15.7. The molecule has 0 saturated carbocycles. The first-order valence-electron chi connectivity index (χ1n) is 9.48. The normalized spacial score (nSPS) is 12.1. The standard InChI is InChI=1S/C22H21F3N2O3S/c1-13-12-14(4-10-17(13)30-21(2,3)20(28)29)5-11-18-26-19(27-31-18)15-6-8-16(9-7-15)22(23,24)25/h4,6-10,12H,5,11H2,1-3H3,(H,28,29). The van der Waals surface area contributed by atoms with Gasteiger partial charge in [0.15, 0.2) is 11.4 Å². The molecule has 0 atom stereocenters. The Kier molecular flexibility index (Phi) is 6.35. The van der Waals surface area contributed by atoms with E-state index in [1.807, 2.05) is 19.1 Å². The molecule has 9 heteroatoms. The number of benzene rings is 2. The Morgan fingerprint density at radius 1 is 1.10 bits per heavy atom. The first-order chi connectivity index (χ1) is 14.5. The Balaban J connectivity index is 1.64. The smallest absolute Gasteiger partial charge is 0.416 e. The van der Waals surface area contributed by atoms with Crippen LogP contribution in [0.5, 0.6) is 5.75 Å². The van der Waals surface area contributed by atoms with Gasteiger partial charge in [-0.2, -0.15) is 17.5 Å². The summed E-state index contributed by atoms with van der Waals surface area (Å²) in [6.45, 7) is 4.84. The van der Waals surface area contributed by atoms with Crippen molar-refractivity contribution in [1.82, 2.24) is 9.36 Å². The van der Waals surface area contributed by atoms with Crippen LogP contribution in [0.15, 0.2) is 42.5 Å². The lowest BCUT2D eigenvalue weighted by Crippen LogP contribution is -2.38. The Morgan fingerprint density at radius 3 is 2.35 bits per heavy atom. The van der Waals surface area contributed by atoms with Crippen LogP contribution in [0, 0.1) is 6.92 Å². The quantitative estimate of drug-likeness (QED) is 0.510. The monoisotopic (exact) mass is 450 g/mol. The molecular weight excluding hydrogens is 429 g/mol. The van der Waals surface area contributed by atoms with Crippen molar-refractivity contribution in [2.75, 3.05) is 0 Å². The van der Waals surface area contributed by atoms with Crippen LogP contribution in [0.25, 0.3) is 11.4 Å². The lowest BCUT2D eigenvalue weighted by atomic mass is 10.1. The third-order valence-electron chi connectivity index (χ3n) is 4.69. The average molecular weight is 450 g/mol. The number of carboxylic acid groups (broad SMARTS) is 1. The molecule has 2 aromatic carbocycles. The van der Waals surface area contributed by atoms with Crippen molar-refractivity contribution >= 4 is 17.5 Å². The first-order valence-corrected chi connectivity index (χ1v) is 10.3. The minimum absolute atomic E-state index is 0.407. The van der Waals surface area contributed by atoms with Crippen LogP contribution in [-0.2, 0) is 23.8 Å². The molecule has 0 radical (unpaired) electrons. The number of ether oxygens (including phenoxy) is 1. The summed E-state index contributed by atoms with van der Waals surface area (Å²) in [6.07, 6.45) is -3.06. The number of aliphatic carboxylic acids is 1. The van der Waals surface area contributed by atoms with E-state index >= 15 is 0 Å². The van der Waals surface area contributed by atoms with E-state index in [0.717, 1.165) is 28.3 Å². The third-order valence-corrected chi connectivity index (χ3v) is 5.46. The molecular formula is C22H21F3N2O3S. The molecule has 1 heterocycles. The second kappa shape index (κ2) is 8.66. The highest BCUT2D eigenvalue weighted by Crippen LogP contribution is 2.31. The molecule has 0 aliphatic rings. The zero-order valence-electron chi connectivity index (χ0n) is 17.2. The summed E-state index contributed by atoms with van der Waals surface area (Å²) in [6, 6.07) is 10.3. The molecule has 0 unspecified atom stereocenters. The van der Waals surface area contributed by atoms with Crippen LogP contribution >= 0.6 is 11.5 Å². The molecule has 31 heavy (non-hydrogen) atoms. The first kappa shape index (κ1) is 22.7. The lowest BCUT2D eigenvalue weighted by Gasteiger charge is -2.23. The van der Waals surface area contributed by atoms with Gasteiger partial charge in [-0.05, 0) is 68.1 Å². The van der Waals surface area contributed by atoms with E-state index in [-0.39, 0.29) is 0 Å². The largest absolute Gasteiger partial charge is 0.478 e. The van der Waals surface area contributed by atoms with Gasteiger partial charge < -0.3 is 9.84 Å². The van der Waals surface area contributed by atoms with Crippen molar-refractivity contribution in [3.05, 3.63) is 64.2 Å². The molecule has 164 valence electrons. The number of halogens is 3. The number of aromatic nitrogens is 2. The van der Waals surface area contributed by atoms with Crippen LogP contribution < -0.4 is 4.74 Å². The fraction of sp³-hybridized carbons (Fsp3) is 0.318. The van der Waals surface area contributed by atoms with Crippen LogP contribution in [0.1, 0.15) is 35.5 Å². The number of carbonyl (C=O) groups is 1. The number of hydrogen-bond acceptors (Lipinski definition) is 5. The van der Waals surface area contributed by atoms with Gasteiger partial charge in [-0.3, -0.25) is 0 Å². The number of nitrogens with zero attached hydrogens (tertiary/aromatic N) is 2. The zero-order valence-corrected chi connectivity index (χ0v) is 18.0. The molecule has 3 aromatic rings. The van der Waals surface area contributed by atoms with Crippen molar-refractivity contribution < 1.29 is 27.8 Å². The molecule has 3 rings (SSSR count). The van der Waals surface area contributed by atoms with E-state index < -0.39 is 23.3 Å². The highest BCUT2D eigenvalue weighted by molar-refractivity contribution is 7.05. The fourth-order valence-corrected chi connectivity index (χ4v) is 3.49. The van der Waals surface area contributed by atoms with Gasteiger partial charge in [-0.15, -0.1) is 0 Å². The van der Waals surface area contributed by atoms with Gasteiger partial charge >= 0.3 is 12.1 Å². The number of hydrogen-bond donors (Lipinski definition) is 1. The molecule has 1 aromatic heterocycles. The van der Waals surface area contributed by atoms with Gasteiger partial charge in [0.1, 0.15) is 10.8 Å². The molecule has 5 nitrogen and oxygen atoms in total. The Labute approximate surface area is 181 Å². The summed E-state index contributed by atoms with van der Waals surface area (Å²) < 4.78 is 47.9. The second-order valence-electron chi connectivity index (χ2n) is 7.60. The van der Waals surface area contributed by atoms with Gasteiger partial charge in [0.05, 0.1) is 5.56 Å². The third kappa shape index (κ3) is 5.61. The van der Waals surface area contributed by atoms with E-state index in [2.05, 4.69) is 9.36 Å². The number of carboxylic acids is 1. The average Bonchev–Trinajstić information content (AvgIpc) is 3.16. The van der Waals surface area contributed by atoms with Crippen molar-refractivity contribution in [3.63, 3.8) is 0 Å². The summed E-state index contributed by atoms with van der Waals surface area (Å²) in [5.74, 6) is -0.127. The summed E-state index contributed by atoms with van der Waals surface area (Å²) in [7, 11) is 0. The van der Waals surface area contributed by atoms with E-state index in [9.17, 15) is 23.1 Å². The van der Waals surface area contributed by atoms with E-state index in [4.69, 9.17) is 4.74 Å². The predicted octanol–water partition coefficient (Wildman–Crippen LogP) is 5.56. The molecule has 0 aliphatic heterocycles. The highest BCUT2D eigenvalue weighted by Gasteiger charge is 2.30. The fourth-order valence-electron chi connectivity index (χ4n) is 2.83. The molecule has 0 fully saturated rings. The van der Waals surface area contributed by atoms with Crippen LogP contribution in [-0.4, -0.2) is 26.0 Å². The zero-order chi connectivity index (χ0) is 22.8. The van der Waals surface area contributed by atoms with Crippen molar-refractivity contribution in [1.29, 1.82) is 0 Å². The summed E-state index contributed by atoms with van der Waals surface area (Å²) in [5.41, 5.74) is 0.363. The SMILES string of the molecule is Cc1cc(CCc2nc(-c3ccc(C(F)(F)F)cc3)ns2)ccc1OC(C)(C)C(=O)O. The summed E-state index contributed by atoms with van der Waals surface area (Å²) >= 11 is 1.22. The minimum Gasteiger partial charge on any atom is -0.478 e. The van der Waals surface area contributed by atoms with Gasteiger partial charge in [0.2, 0.25) is 0 Å². The maximum Gasteiger partial charge on any atom is 0.416 e. The van der Waals surface area contributed by atoms with E-state index in [1.54, 1.807) is 6.07 Å². The molecule has 0 aliphatic carbocycles. The molecule has 0 amide bonds. The minimum atomic E-state index is -4.37. The lowest BCUT2D eigenvalue weighted by molar-refractivity contribution is -0.152. The van der Waals surface area contributed by atoms with Gasteiger partial charge in [0.25, 0.3) is 0 Å². The highest BCUT2D eigenvalue weighted by atomic mass is 32.1. The van der Waals surface area contributed by atoms with Crippen LogP contribution in [0.2, 0.25) is 0 Å². The maximum absolute atomic E-state index is 12.7. The molecule has 0 saturated heterocycles. The number of rotatable bonds is 7. The Bertz CT molecular complexity index is 1080. The maximum atomic E-state index is 12.7. The predicted molar refractivity (Wildman–Crippen MR) is 111 cm³/mol.